The van der Waals surface area contributed by atoms with E-state index in [1.54, 1.807) is 0 Å². The molecule has 0 radical (unpaired) electrons. The second-order valence-electron chi connectivity index (χ2n) is 8.64. The summed E-state index contributed by atoms with van der Waals surface area (Å²) in [7, 11) is 0. The predicted molar refractivity (Wildman–Crippen MR) is 126 cm³/mol. The molecule has 6 nitrogen and oxygen atoms in total. The van der Waals surface area contributed by atoms with Gasteiger partial charge in [0.2, 0.25) is 5.91 Å². The predicted octanol–water partition coefficient (Wildman–Crippen LogP) is 4.49. The van der Waals surface area contributed by atoms with Crippen molar-refractivity contribution in [3.8, 4) is 0 Å². The molecule has 0 unspecified atom stereocenters. The van der Waals surface area contributed by atoms with E-state index in [0.717, 1.165) is 5.56 Å². The van der Waals surface area contributed by atoms with Gasteiger partial charge in [-0.2, -0.15) is 0 Å². The largest absolute Gasteiger partial charge is 0.480 e. The molecule has 0 spiro atoms. The smallest absolute Gasteiger partial charge is 0.328 e. The Morgan fingerprint density at radius 1 is 1.03 bits per heavy atom. The monoisotopic (exact) mass is 423 g/mol. The summed E-state index contributed by atoms with van der Waals surface area (Å²) < 4.78 is 0. The van der Waals surface area contributed by atoms with Crippen molar-refractivity contribution in [3.05, 3.63) is 65.7 Å². The third kappa shape index (κ3) is 7.33. The molecule has 6 heteroatoms. The second-order valence-corrected chi connectivity index (χ2v) is 8.64. The van der Waals surface area contributed by atoms with Crippen LogP contribution in [0.25, 0.3) is 0 Å². The van der Waals surface area contributed by atoms with Crippen LogP contribution in [-0.2, 0) is 9.59 Å². The first kappa shape index (κ1) is 24.3. The zero-order valence-corrected chi connectivity index (χ0v) is 19.0. The number of aliphatic imine (C=N–C) groups is 1. The molecule has 0 saturated heterocycles. The van der Waals surface area contributed by atoms with Crippen LogP contribution in [0.15, 0.2) is 59.6 Å². The van der Waals surface area contributed by atoms with E-state index in [0.29, 0.717) is 29.8 Å². The molecule has 0 fully saturated rings. The summed E-state index contributed by atoms with van der Waals surface area (Å²) >= 11 is 0. The van der Waals surface area contributed by atoms with Gasteiger partial charge in [-0.05, 0) is 40.2 Å². The van der Waals surface area contributed by atoms with Crippen LogP contribution in [-0.4, -0.2) is 40.3 Å². The summed E-state index contributed by atoms with van der Waals surface area (Å²) in [5.74, 6) is -1.13. The van der Waals surface area contributed by atoms with Crippen molar-refractivity contribution in [2.75, 3.05) is 5.32 Å². The standard InChI is InChI=1S/C25H33N3O3/c1-6-12-21(24(30)31)26-22(18-13-8-7-9-14-18)19-15-10-11-16-20(19)27-23(29)17(2)28-25(3,4)5/h7-11,13-17,21,28H,6,12H2,1-5H3,(H,27,29)(H,30,31)/t17-,21-/m0/s1. The number of hydrogen-bond acceptors (Lipinski definition) is 4. The van der Waals surface area contributed by atoms with E-state index in [1.807, 2.05) is 89.2 Å². The normalized spacial score (nSPS) is 14.0. The molecule has 2 atom stereocenters. The molecule has 2 aromatic carbocycles. The van der Waals surface area contributed by atoms with Crippen LogP contribution in [0, 0.1) is 0 Å². The van der Waals surface area contributed by atoms with Crippen LogP contribution >= 0.6 is 0 Å². The van der Waals surface area contributed by atoms with Gasteiger partial charge in [0.25, 0.3) is 0 Å². The van der Waals surface area contributed by atoms with Gasteiger partial charge < -0.3 is 15.7 Å². The minimum absolute atomic E-state index is 0.168. The van der Waals surface area contributed by atoms with E-state index in [-0.39, 0.29) is 11.4 Å². The molecule has 1 amide bonds. The number of nitrogens with one attached hydrogen (secondary N) is 2. The van der Waals surface area contributed by atoms with Crippen LogP contribution in [0.1, 0.15) is 58.6 Å². The van der Waals surface area contributed by atoms with Gasteiger partial charge in [-0.3, -0.25) is 9.79 Å². The lowest BCUT2D eigenvalue weighted by Crippen LogP contribution is -2.48. The van der Waals surface area contributed by atoms with Crippen LogP contribution in [0.5, 0.6) is 0 Å². The quantitative estimate of drug-likeness (QED) is 0.518. The summed E-state index contributed by atoms with van der Waals surface area (Å²) in [6, 6.07) is 15.6. The van der Waals surface area contributed by atoms with E-state index in [4.69, 9.17) is 0 Å². The number of carbonyl (C=O) groups is 2. The highest BCUT2D eigenvalue weighted by Gasteiger charge is 2.22. The molecule has 166 valence electrons. The molecule has 2 aromatic rings. The van der Waals surface area contributed by atoms with Gasteiger partial charge in [0.15, 0.2) is 0 Å². The number of aliphatic carboxylic acids is 1. The van der Waals surface area contributed by atoms with Crippen molar-refractivity contribution in [2.24, 2.45) is 4.99 Å². The zero-order chi connectivity index (χ0) is 23.0. The Hall–Kier alpha value is -2.99. The van der Waals surface area contributed by atoms with E-state index in [2.05, 4.69) is 15.6 Å². The molecule has 0 aliphatic rings. The van der Waals surface area contributed by atoms with Crippen LogP contribution in [0.3, 0.4) is 0 Å². The fourth-order valence-corrected chi connectivity index (χ4v) is 3.32. The molecule has 3 N–H and O–H groups in total. The molecular weight excluding hydrogens is 390 g/mol. The lowest BCUT2D eigenvalue weighted by molar-refractivity contribution is -0.138. The first-order chi connectivity index (χ1) is 14.6. The van der Waals surface area contributed by atoms with Gasteiger partial charge >= 0.3 is 5.97 Å². The minimum Gasteiger partial charge on any atom is -0.480 e. The number of carboxylic acids is 1. The maximum Gasteiger partial charge on any atom is 0.328 e. The molecule has 31 heavy (non-hydrogen) atoms. The van der Waals surface area contributed by atoms with Crippen LogP contribution in [0.2, 0.25) is 0 Å². The van der Waals surface area contributed by atoms with Crippen LogP contribution in [0.4, 0.5) is 5.69 Å². The third-order valence-electron chi connectivity index (χ3n) is 4.66. The van der Waals surface area contributed by atoms with Gasteiger partial charge in [-0.15, -0.1) is 0 Å². The lowest BCUT2D eigenvalue weighted by Gasteiger charge is -2.25. The highest BCUT2D eigenvalue weighted by atomic mass is 16.4. The van der Waals surface area contributed by atoms with Gasteiger partial charge in [-0.25, -0.2) is 4.79 Å². The third-order valence-corrected chi connectivity index (χ3v) is 4.66. The molecule has 0 aliphatic carbocycles. The summed E-state index contributed by atoms with van der Waals surface area (Å²) in [4.78, 5) is 29.2. The highest BCUT2D eigenvalue weighted by Crippen LogP contribution is 2.22. The Morgan fingerprint density at radius 3 is 2.23 bits per heavy atom. The van der Waals surface area contributed by atoms with Gasteiger partial charge in [0, 0.05) is 16.7 Å². The highest BCUT2D eigenvalue weighted by molar-refractivity contribution is 6.17. The fourth-order valence-electron chi connectivity index (χ4n) is 3.32. The van der Waals surface area contributed by atoms with Crippen molar-refractivity contribution in [3.63, 3.8) is 0 Å². The Morgan fingerprint density at radius 2 is 1.65 bits per heavy atom. The number of anilines is 1. The average molecular weight is 424 g/mol. The molecule has 0 bridgehead atoms. The Labute approximate surface area is 184 Å². The first-order valence-electron chi connectivity index (χ1n) is 10.7. The van der Waals surface area contributed by atoms with Crippen molar-refractivity contribution in [2.45, 2.75) is 65.1 Å². The number of rotatable bonds is 9. The van der Waals surface area contributed by atoms with Crippen molar-refractivity contribution in [1.29, 1.82) is 0 Å². The van der Waals surface area contributed by atoms with Crippen molar-refractivity contribution >= 4 is 23.3 Å². The minimum atomic E-state index is -0.959. The topological polar surface area (TPSA) is 90.8 Å². The zero-order valence-electron chi connectivity index (χ0n) is 19.0. The number of carboxylic acid groups (broad SMARTS) is 1. The summed E-state index contributed by atoms with van der Waals surface area (Å²) in [6.45, 7) is 9.77. The van der Waals surface area contributed by atoms with Crippen molar-refractivity contribution < 1.29 is 14.7 Å². The maximum absolute atomic E-state index is 12.8. The van der Waals surface area contributed by atoms with Crippen molar-refractivity contribution in [1.82, 2.24) is 5.32 Å². The first-order valence-corrected chi connectivity index (χ1v) is 10.7. The number of nitrogens with zero attached hydrogens (tertiary/aromatic N) is 1. The Balaban J connectivity index is 2.49. The van der Waals surface area contributed by atoms with Gasteiger partial charge in [0.1, 0.15) is 6.04 Å². The van der Waals surface area contributed by atoms with Gasteiger partial charge in [-0.1, -0.05) is 61.9 Å². The molecule has 2 rings (SSSR count). The fraction of sp³-hybridized carbons (Fsp3) is 0.400. The summed E-state index contributed by atoms with van der Waals surface area (Å²) in [5.41, 5.74) is 2.42. The second kappa shape index (κ2) is 10.9. The summed E-state index contributed by atoms with van der Waals surface area (Å²) in [6.07, 6.45) is 1.14. The van der Waals surface area contributed by atoms with Crippen LogP contribution < -0.4 is 10.6 Å². The number of hydrogen-bond donors (Lipinski definition) is 3. The SMILES string of the molecule is CCC[C@H](N=C(c1ccccc1)c1ccccc1NC(=O)[C@H](C)NC(C)(C)C)C(=O)O. The van der Waals surface area contributed by atoms with E-state index < -0.39 is 18.1 Å². The molecular formula is C25H33N3O3. The number of para-hydroxylation sites is 1. The Bertz CT molecular complexity index is 917. The van der Waals surface area contributed by atoms with Gasteiger partial charge in [0.05, 0.1) is 17.4 Å². The number of carbonyl (C=O) groups excluding carboxylic acids is 1. The number of amides is 1. The van der Waals surface area contributed by atoms with E-state index in [1.165, 1.54) is 0 Å². The molecule has 0 heterocycles. The maximum atomic E-state index is 12.8. The number of benzene rings is 2. The molecule has 0 aliphatic heterocycles. The Kier molecular flexibility index (Phi) is 8.51. The molecule has 0 saturated carbocycles. The summed E-state index contributed by atoms with van der Waals surface area (Å²) in [5, 5.41) is 15.9. The molecule has 0 aromatic heterocycles. The van der Waals surface area contributed by atoms with E-state index >= 15 is 0 Å². The van der Waals surface area contributed by atoms with E-state index in [9.17, 15) is 14.7 Å². The lowest BCUT2D eigenvalue weighted by atomic mass is 9.99. The average Bonchev–Trinajstić information content (AvgIpc) is 2.71.